The van der Waals surface area contributed by atoms with Crippen molar-refractivity contribution in [3.05, 3.63) is 29.8 Å². The Morgan fingerprint density at radius 3 is 2.12 bits per heavy atom. The van der Waals surface area contributed by atoms with Gasteiger partial charge in [0.2, 0.25) is 11.8 Å². The van der Waals surface area contributed by atoms with E-state index in [1.807, 2.05) is 0 Å². The molecule has 4 nitrogen and oxygen atoms in total. The minimum atomic E-state index is -4.59. The Hall–Kier alpha value is -2.05. The predicted molar refractivity (Wildman–Crippen MR) is 93.5 cm³/mol. The molecule has 1 aromatic rings. The van der Waals surface area contributed by atoms with Gasteiger partial charge >= 0.3 is 6.18 Å². The predicted octanol–water partition coefficient (Wildman–Crippen LogP) is 4.51. The summed E-state index contributed by atoms with van der Waals surface area (Å²) in [5, 5.41) is 5.16. The van der Waals surface area contributed by atoms with Gasteiger partial charge in [-0.15, -0.1) is 0 Å². The van der Waals surface area contributed by atoms with E-state index in [1.54, 1.807) is 0 Å². The maximum absolute atomic E-state index is 13.1. The third-order valence-corrected chi connectivity index (χ3v) is 4.81. The lowest BCUT2D eigenvalue weighted by molar-refractivity contribution is -0.139. The number of amides is 2. The number of anilines is 1. The van der Waals surface area contributed by atoms with Crippen LogP contribution in [-0.4, -0.2) is 17.9 Å². The van der Waals surface area contributed by atoms with Gasteiger partial charge < -0.3 is 10.6 Å². The number of halogens is 3. The van der Waals surface area contributed by atoms with Crippen molar-refractivity contribution in [1.29, 1.82) is 0 Å². The van der Waals surface area contributed by atoms with Gasteiger partial charge in [0.1, 0.15) is 5.41 Å². The number of hydrogen-bond donors (Lipinski definition) is 2. The molecule has 0 aliphatic heterocycles. The van der Waals surface area contributed by atoms with Crippen LogP contribution in [0.2, 0.25) is 0 Å². The van der Waals surface area contributed by atoms with Gasteiger partial charge in [-0.1, -0.05) is 37.8 Å². The molecule has 1 aromatic carbocycles. The molecule has 0 spiro atoms. The Kier molecular flexibility index (Phi) is 6.31. The van der Waals surface area contributed by atoms with Crippen LogP contribution in [-0.2, 0) is 15.8 Å². The number of rotatable bonds is 4. The minimum Gasteiger partial charge on any atom is -0.352 e. The molecule has 26 heavy (non-hydrogen) atoms. The lowest BCUT2D eigenvalue weighted by Gasteiger charge is -2.26. The van der Waals surface area contributed by atoms with Crippen LogP contribution in [0.25, 0.3) is 0 Å². The van der Waals surface area contributed by atoms with Crippen LogP contribution in [0.3, 0.4) is 0 Å². The topological polar surface area (TPSA) is 58.2 Å². The van der Waals surface area contributed by atoms with Crippen molar-refractivity contribution in [3.8, 4) is 0 Å². The maximum atomic E-state index is 13.1. The highest BCUT2D eigenvalue weighted by atomic mass is 19.4. The van der Waals surface area contributed by atoms with E-state index in [0.717, 1.165) is 44.6 Å². The zero-order valence-corrected chi connectivity index (χ0v) is 15.1. The molecule has 0 aromatic heterocycles. The molecule has 0 atom stereocenters. The molecular weight excluding hydrogens is 345 g/mol. The highest BCUT2D eigenvalue weighted by Crippen LogP contribution is 2.35. The van der Waals surface area contributed by atoms with Gasteiger partial charge in [0.15, 0.2) is 0 Å². The van der Waals surface area contributed by atoms with Crippen molar-refractivity contribution in [2.45, 2.75) is 64.6 Å². The average molecular weight is 370 g/mol. The molecule has 0 saturated heterocycles. The first-order valence-corrected chi connectivity index (χ1v) is 8.91. The SMILES string of the molecule is CC(C)(C(=O)Nc1ccccc1C(F)(F)F)C(=O)NC1CCCCCC1. The van der Waals surface area contributed by atoms with Crippen molar-refractivity contribution in [1.82, 2.24) is 5.32 Å². The first kappa shape index (κ1) is 20.3. The fourth-order valence-electron chi connectivity index (χ4n) is 3.01. The molecule has 2 amide bonds. The van der Waals surface area contributed by atoms with Crippen LogP contribution in [0.15, 0.2) is 24.3 Å². The van der Waals surface area contributed by atoms with Gasteiger partial charge in [-0.3, -0.25) is 9.59 Å². The third kappa shape index (κ3) is 4.99. The average Bonchev–Trinajstić information content (AvgIpc) is 2.83. The van der Waals surface area contributed by atoms with Crippen molar-refractivity contribution >= 4 is 17.5 Å². The second-order valence-corrected chi connectivity index (χ2v) is 7.28. The summed E-state index contributed by atoms with van der Waals surface area (Å²) in [7, 11) is 0. The van der Waals surface area contributed by atoms with Gasteiger partial charge in [-0.25, -0.2) is 0 Å². The molecule has 0 radical (unpaired) electrons. The van der Waals surface area contributed by atoms with E-state index in [2.05, 4.69) is 10.6 Å². The molecule has 0 unspecified atom stereocenters. The summed E-state index contributed by atoms with van der Waals surface area (Å²) in [6, 6.07) is 4.75. The number of carbonyl (C=O) groups is 2. The second-order valence-electron chi connectivity index (χ2n) is 7.28. The molecule has 0 bridgehead atoms. The van der Waals surface area contributed by atoms with Crippen LogP contribution in [0.1, 0.15) is 57.9 Å². The molecule has 1 saturated carbocycles. The van der Waals surface area contributed by atoms with E-state index in [1.165, 1.54) is 32.0 Å². The van der Waals surface area contributed by atoms with Crippen LogP contribution >= 0.6 is 0 Å². The van der Waals surface area contributed by atoms with Gasteiger partial charge in [0, 0.05) is 6.04 Å². The Morgan fingerprint density at radius 2 is 1.54 bits per heavy atom. The normalized spacial score (nSPS) is 16.7. The Morgan fingerprint density at radius 1 is 0.962 bits per heavy atom. The number of para-hydroxylation sites is 1. The molecule has 2 N–H and O–H groups in total. The maximum Gasteiger partial charge on any atom is 0.418 e. The molecule has 1 aliphatic rings. The van der Waals surface area contributed by atoms with Crippen LogP contribution in [0.5, 0.6) is 0 Å². The summed E-state index contributed by atoms with van der Waals surface area (Å²) < 4.78 is 39.2. The Bertz CT molecular complexity index is 648. The lowest BCUT2D eigenvalue weighted by Crippen LogP contribution is -2.48. The number of carbonyl (C=O) groups excluding carboxylic acids is 2. The minimum absolute atomic E-state index is 0.0135. The number of nitrogens with one attached hydrogen (secondary N) is 2. The molecule has 1 aliphatic carbocycles. The zero-order valence-electron chi connectivity index (χ0n) is 15.1. The van der Waals surface area contributed by atoms with Gasteiger partial charge in [-0.05, 0) is 38.8 Å². The molecular formula is C19H25F3N2O2. The zero-order chi connectivity index (χ0) is 19.4. The van der Waals surface area contributed by atoms with Crippen LogP contribution in [0.4, 0.5) is 18.9 Å². The van der Waals surface area contributed by atoms with Crippen LogP contribution < -0.4 is 10.6 Å². The summed E-state index contributed by atoms with van der Waals surface area (Å²) in [5.41, 5.74) is -2.76. The van der Waals surface area contributed by atoms with E-state index in [0.29, 0.717) is 0 Å². The molecule has 1 fully saturated rings. The van der Waals surface area contributed by atoms with Gasteiger partial charge in [0.25, 0.3) is 0 Å². The number of benzene rings is 1. The fraction of sp³-hybridized carbons (Fsp3) is 0.579. The third-order valence-electron chi connectivity index (χ3n) is 4.81. The largest absolute Gasteiger partial charge is 0.418 e. The van der Waals surface area contributed by atoms with E-state index in [9.17, 15) is 22.8 Å². The smallest absolute Gasteiger partial charge is 0.352 e. The van der Waals surface area contributed by atoms with E-state index < -0.39 is 29.0 Å². The monoisotopic (exact) mass is 370 g/mol. The summed E-state index contributed by atoms with van der Waals surface area (Å²) in [4.78, 5) is 25.1. The molecule has 2 rings (SSSR count). The van der Waals surface area contributed by atoms with Crippen molar-refractivity contribution in [2.24, 2.45) is 5.41 Å². The summed E-state index contributed by atoms with van der Waals surface area (Å²) >= 11 is 0. The fourth-order valence-corrected chi connectivity index (χ4v) is 3.01. The first-order valence-electron chi connectivity index (χ1n) is 8.91. The molecule has 0 heterocycles. The Balaban J connectivity index is 2.09. The van der Waals surface area contributed by atoms with Crippen molar-refractivity contribution < 1.29 is 22.8 Å². The number of hydrogen-bond acceptors (Lipinski definition) is 2. The summed E-state index contributed by atoms with van der Waals surface area (Å²) in [5.74, 6) is -1.23. The lowest BCUT2D eigenvalue weighted by atomic mass is 9.90. The van der Waals surface area contributed by atoms with E-state index in [-0.39, 0.29) is 11.7 Å². The van der Waals surface area contributed by atoms with Gasteiger partial charge in [0.05, 0.1) is 11.3 Å². The summed E-state index contributed by atoms with van der Waals surface area (Å²) in [6.45, 7) is 2.84. The highest BCUT2D eigenvalue weighted by Gasteiger charge is 2.39. The van der Waals surface area contributed by atoms with E-state index >= 15 is 0 Å². The second kappa shape index (κ2) is 8.10. The summed E-state index contributed by atoms with van der Waals surface area (Å²) in [6.07, 6.45) is 1.44. The van der Waals surface area contributed by atoms with Gasteiger partial charge in [-0.2, -0.15) is 13.2 Å². The highest BCUT2D eigenvalue weighted by molar-refractivity contribution is 6.10. The van der Waals surface area contributed by atoms with Crippen LogP contribution in [0, 0.1) is 5.41 Å². The number of alkyl halides is 3. The molecule has 144 valence electrons. The van der Waals surface area contributed by atoms with Crippen molar-refractivity contribution in [2.75, 3.05) is 5.32 Å². The quantitative estimate of drug-likeness (QED) is 0.605. The Labute approximate surface area is 151 Å². The first-order chi connectivity index (χ1) is 12.1. The van der Waals surface area contributed by atoms with Crippen molar-refractivity contribution in [3.63, 3.8) is 0 Å². The van der Waals surface area contributed by atoms with E-state index in [4.69, 9.17) is 0 Å². The standard InChI is InChI=1S/C19H25F3N2O2/c1-18(2,16(25)23-13-9-5-3-4-6-10-13)17(26)24-15-12-8-7-11-14(15)19(20,21)22/h7-8,11-13H,3-6,9-10H2,1-2H3,(H,23,25)(H,24,26). The molecule has 7 heteroatoms.